The molecule has 2 unspecified atom stereocenters. The number of carbonyl (C=O) groups is 1. The Balaban J connectivity index is 1.66. The molecule has 3 rings (SSSR count). The number of carbonyl (C=O) groups excluding carboxylic acids is 1. The van der Waals surface area contributed by atoms with Crippen LogP contribution >= 0.6 is 0 Å². The Morgan fingerprint density at radius 3 is 2.69 bits per heavy atom. The van der Waals surface area contributed by atoms with E-state index in [2.05, 4.69) is 38.1 Å². The number of unbranched alkanes of at least 4 members (excludes halogenated alkanes) is 2. The molecular weight excluding hydrogens is 356 g/mol. The first kappa shape index (κ1) is 21.6. The lowest BCUT2D eigenvalue weighted by molar-refractivity contribution is 0.0875. The van der Waals surface area contributed by atoms with Crippen molar-refractivity contribution in [1.29, 1.82) is 0 Å². The Hall–Kier alpha value is -2.09. The summed E-state index contributed by atoms with van der Waals surface area (Å²) in [5.74, 6) is 2.02. The fourth-order valence-electron chi connectivity index (χ4n) is 4.77. The summed E-state index contributed by atoms with van der Waals surface area (Å²) < 4.78 is 5.33. The number of rotatable bonds is 10. The second-order valence-electron chi connectivity index (χ2n) is 8.69. The number of benzene rings is 2. The van der Waals surface area contributed by atoms with Crippen LogP contribution in [0.15, 0.2) is 42.5 Å². The first-order chi connectivity index (χ1) is 14.1. The fraction of sp³-hybridized carbons (Fsp3) is 0.519. The molecule has 2 atom stereocenters. The molecule has 2 aromatic rings. The van der Waals surface area contributed by atoms with Gasteiger partial charge in [0.1, 0.15) is 5.75 Å². The van der Waals surface area contributed by atoms with Crippen molar-refractivity contribution in [3.05, 3.63) is 64.7 Å². The average Bonchev–Trinajstić information content (AvgIpc) is 2.74. The molecule has 0 radical (unpaired) electrons. The van der Waals surface area contributed by atoms with Gasteiger partial charge >= 0.3 is 0 Å². The molecule has 2 heteroatoms. The van der Waals surface area contributed by atoms with Crippen molar-refractivity contribution < 1.29 is 9.53 Å². The molecule has 0 heterocycles. The smallest absolute Gasteiger partial charge is 0.166 e. The van der Waals surface area contributed by atoms with Crippen LogP contribution in [0.5, 0.6) is 5.75 Å². The van der Waals surface area contributed by atoms with Gasteiger partial charge < -0.3 is 4.74 Å². The van der Waals surface area contributed by atoms with E-state index < -0.39 is 0 Å². The van der Waals surface area contributed by atoms with Gasteiger partial charge in [-0.1, -0.05) is 56.9 Å². The molecule has 2 aromatic carbocycles. The molecule has 0 aliphatic heterocycles. The van der Waals surface area contributed by atoms with E-state index in [4.69, 9.17) is 4.74 Å². The van der Waals surface area contributed by atoms with Gasteiger partial charge in [0.05, 0.1) is 7.11 Å². The Labute approximate surface area is 176 Å². The molecule has 0 amide bonds. The second-order valence-corrected chi connectivity index (χ2v) is 8.69. The van der Waals surface area contributed by atoms with Gasteiger partial charge in [0.25, 0.3) is 0 Å². The summed E-state index contributed by atoms with van der Waals surface area (Å²) in [6.07, 6.45) is 10.4. The van der Waals surface area contributed by atoms with Gasteiger partial charge in [0.2, 0.25) is 0 Å². The molecule has 0 aromatic heterocycles. The molecule has 0 saturated carbocycles. The highest BCUT2D eigenvalue weighted by Gasteiger charge is 2.29. The SMILES string of the molecule is CCCCCC(CCc1ccccc1C)CC1CCc2cc(OC)ccc2C1=O. The van der Waals surface area contributed by atoms with E-state index >= 15 is 0 Å². The first-order valence-electron chi connectivity index (χ1n) is 11.4. The highest BCUT2D eigenvalue weighted by atomic mass is 16.5. The van der Waals surface area contributed by atoms with Gasteiger partial charge in [0.15, 0.2) is 5.78 Å². The van der Waals surface area contributed by atoms with Crippen molar-refractivity contribution in [2.45, 2.75) is 71.6 Å². The number of methoxy groups -OCH3 is 1. The highest BCUT2D eigenvalue weighted by molar-refractivity contribution is 6.00. The summed E-state index contributed by atoms with van der Waals surface area (Å²) >= 11 is 0. The molecular formula is C27H36O2. The molecule has 1 aliphatic rings. The third-order valence-electron chi connectivity index (χ3n) is 6.63. The normalized spacial score (nSPS) is 17.1. The van der Waals surface area contributed by atoms with E-state index in [0.29, 0.717) is 11.7 Å². The van der Waals surface area contributed by atoms with Gasteiger partial charge in [-0.15, -0.1) is 0 Å². The number of hydrogen-bond acceptors (Lipinski definition) is 2. The number of fused-ring (bicyclic) bond motifs is 1. The average molecular weight is 393 g/mol. The van der Waals surface area contributed by atoms with Gasteiger partial charge in [-0.3, -0.25) is 4.79 Å². The number of Topliss-reactive ketones (excluding diaryl/α,β-unsaturated/α-hetero) is 1. The number of ether oxygens (including phenoxy) is 1. The minimum atomic E-state index is 0.180. The minimum absolute atomic E-state index is 0.180. The van der Waals surface area contributed by atoms with Crippen LogP contribution in [0, 0.1) is 18.8 Å². The first-order valence-corrected chi connectivity index (χ1v) is 11.4. The van der Waals surface area contributed by atoms with Crippen molar-refractivity contribution in [1.82, 2.24) is 0 Å². The molecule has 2 nitrogen and oxygen atoms in total. The zero-order valence-corrected chi connectivity index (χ0v) is 18.4. The van der Waals surface area contributed by atoms with Crippen molar-refractivity contribution in [3.63, 3.8) is 0 Å². The zero-order chi connectivity index (χ0) is 20.6. The van der Waals surface area contributed by atoms with Crippen LogP contribution in [-0.2, 0) is 12.8 Å². The summed E-state index contributed by atoms with van der Waals surface area (Å²) in [6.45, 7) is 4.47. The summed E-state index contributed by atoms with van der Waals surface area (Å²) in [4.78, 5) is 13.2. The van der Waals surface area contributed by atoms with E-state index in [-0.39, 0.29) is 5.92 Å². The summed E-state index contributed by atoms with van der Waals surface area (Å²) in [7, 11) is 1.69. The molecule has 1 aliphatic carbocycles. The third kappa shape index (κ3) is 5.72. The predicted octanol–water partition coefficient (Wildman–Crippen LogP) is 6.97. The summed E-state index contributed by atoms with van der Waals surface area (Å²) in [5, 5.41) is 0. The van der Waals surface area contributed by atoms with Gasteiger partial charge in [0, 0.05) is 11.5 Å². The number of ketones is 1. The van der Waals surface area contributed by atoms with Crippen molar-refractivity contribution in [3.8, 4) is 5.75 Å². The van der Waals surface area contributed by atoms with E-state index in [1.54, 1.807) is 7.11 Å². The topological polar surface area (TPSA) is 26.3 Å². The van der Waals surface area contributed by atoms with Crippen molar-refractivity contribution >= 4 is 5.78 Å². The number of aryl methyl sites for hydroxylation is 3. The quantitative estimate of drug-likeness (QED) is 0.408. The van der Waals surface area contributed by atoms with Gasteiger partial charge in [-0.25, -0.2) is 0 Å². The van der Waals surface area contributed by atoms with Gasteiger partial charge in [-0.05, 0) is 79.8 Å². The molecule has 0 saturated heterocycles. The minimum Gasteiger partial charge on any atom is -0.497 e. The predicted molar refractivity (Wildman–Crippen MR) is 121 cm³/mol. The zero-order valence-electron chi connectivity index (χ0n) is 18.4. The van der Waals surface area contributed by atoms with E-state index in [9.17, 15) is 4.79 Å². The standard InChI is InChI=1S/C27H36O2/c1-4-5-6-10-21(12-13-22-11-8-7-9-20(22)2)18-24-15-14-23-19-25(29-3)16-17-26(23)27(24)28/h7-9,11,16-17,19,21,24H,4-6,10,12-15,18H2,1-3H3. The van der Waals surface area contributed by atoms with E-state index in [1.165, 1.54) is 43.2 Å². The molecule has 0 bridgehead atoms. The lowest BCUT2D eigenvalue weighted by atomic mass is 9.76. The van der Waals surface area contributed by atoms with E-state index in [0.717, 1.165) is 42.6 Å². The molecule has 0 fully saturated rings. The Bertz CT molecular complexity index is 808. The largest absolute Gasteiger partial charge is 0.497 e. The lowest BCUT2D eigenvalue weighted by Crippen LogP contribution is -2.25. The highest BCUT2D eigenvalue weighted by Crippen LogP contribution is 2.34. The monoisotopic (exact) mass is 392 g/mol. The number of hydrogen-bond donors (Lipinski definition) is 0. The Morgan fingerprint density at radius 1 is 1.10 bits per heavy atom. The maximum absolute atomic E-state index is 13.2. The van der Waals surface area contributed by atoms with E-state index in [1.807, 2.05) is 18.2 Å². The third-order valence-corrected chi connectivity index (χ3v) is 6.63. The molecule has 0 N–H and O–H groups in total. The maximum Gasteiger partial charge on any atom is 0.166 e. The molecule has 0 spiro atoms. The van der Waals surface area contributed by atoms with Crippen LogP contribution in [0.25, 0.3) is 0 Å². The van der Waals surface area contributed by atoms with Crippen molar-refractivity contribution in [2.24, 2.45) is 11.8 Å². The second kappa shape index (κ2) is 10.6. The van der Waals surface area contributed by atoms with Crippen LogP contribution in [-0.4, -0.2) is 12.9 Å². The van der Waals surface area contributed by atoms with Crippen LogP contribution in [0.1, 0.15) is 78.9 Å². The van der Waals surface area contributed by atoms with Crippen molar-refractivity contribution in [2.75, 3.05) is 7.11 Å². The van der Waals surface area contributed by atoms with Crippen LogP contribution in [0.2, 0.25) is 0 Å². The Morgan fingerprint density at radius 2 is 1.93 bits per heavy atom. The molecule has 29 heavy (non-hydrogen) atoms. The summed E-state index contributed by atoms with van der Waals surface area (Å²) in [5.41, 5.74) is 4.93. The van der Waals surface area contributed by atoms with Crippen LogP contribution < -0.4 is 4.74 Å². The maximum atomic E-state index is 13.2. The van der Waals surface area contributed by atoms with Gasteiger partial charge in [-0.2, -0.15) is 0 Å². The molecule has 156 valence electrons. The van der Waals surface area contributed by atoms with Crippen LogP contribution in [0.4, 0.5) is 0 Å². The summed E-state index contributed by atoms with van der Waals surface area (Å²) in [6, 6.07) is 14.7. The lowest BCUT2D eigenvalue weighted by Gasteiger charge is -2.27. The fourth-order valence-corrected chi connectivity index (χ4v) is 4.77. The Kier molecular flexibility index (Phi) is 7.91. The van der Waals surface area contributed by atoms with Crippen LogP contribution in [0.3, 0.4) is 0 Å².